The standard InChI is InChI=1S/C31H38ClN3O4S/c1-22(2)25-15-17-27(18-16-25)35(40(38,39)28-13-8-7-9-14-28)21-29(36)34(20-24-11-10-12-26(32)19-24)23(3)30(37)33-31(4,5)6/h7-19,22-23H,20-21H2,1-6H3,(H,33,37)/t23-/m0/s1. The normalized spacial score (nSPS) is 12.6. The van der Waals surface area contributed by atoms with Crippen LogP contribution in [0.2, 0.25) is 5.02 Å². The minimum atomic E-state index is -4.11. The lowest BCUT2D eigenvalue weighted by atomic mass is 10.0. The Bertz CT molecular complexity index is 1420. The molecule has 3 aromatic carbocycles. The van der Waals surface area contributed by atoms with E-state index >= 15 is 0 Å². The first-order valence-corrected chi connectivity index (χ1v) is 15.0. The molecule has 0 aliphatic heterocycles. The van der Waals surface area contributed by atoms with Gasteiger partial charge in [0.1, 0.15) is 12.6 Å². The molecule has 0 heterocycles. The number of halogens is 1. The molecule has 3 rings (SSSR count). The number of benzene rings is 3. The quantitative estimate of drug-likeness (QED) is 0.317. The van der Waals surface area contributed by atoms with Gasteiger partial charge in [0.05, 0.1) is 10.6 Å². The van der Waals surface area contributed by atoms with Crippen LogP contribution in [0.25, 0.3) is 0 Å². The van der Waals surface area contributed by atoms with Gasteiger partial charge in [-0.2, -0.15) is 0 Å². The zero-order valence-corrected chi connectivity index (χ0v) is 25.5. The molecule has 0 aromatic heterocycles. The van der Waals surface area contributed by atoms with Gasteiger partial charge in [0, 0.05) is 17.1 Å². The van der Waals surface area contributed by atoms with E-state index in [-0.39, 0.29) is 23.3 Å². The predicted octanol–water partition coefficient (Wildman–Crippen LogP) is 5.99. The fourth-order valence-electron chi connectivity index (χ4n) is 4.16. The summed E-state index contributed by atoms with van der Waals surface area (Å²) in [4.78, 5) is 28.6. The Kier molecular flexibility index (Phi) is 10.0. The zero-order chi connectivity index (χ0) is 29.7. The maximum Gasteiger partial charge on any atom is 0.264 e. The molecule has 7 nitrogen and oxygen atoms in total. The molecule has 0 aliphatic rings. The minimum Gasteiger partial charge on any atom is -0.350 e. The fourth-order valence-corrected chi connectivity index (χ4v) is 5.81. The van der Waals surface area contributed by atoms with Crippen LogP contribution >= 0.6 is 11.6 Å². The second kappa shape index (κ2) is 12.9. The molecular formula is C31H38ClN3O4S. The first kappa shape index (κ1) is 31.2. The van der Waals surface area contributed by atoms with Crippen LogP contribution in [-0.4, -0.2) is 43.3 Å². The van der Waals surface area contributed by atoms with Crippen LogP contribution in [0.1, 0.15) is 58.6 Å². The molecule has 0 radical (unpaired) electrons. The topological polar surface area (TPSA) is 86.8 Å². The van der Waals surface area contributed by atoms with Crippen molar-refractivity contribution in [3.63, 3.8) is 0 Å². The molecule has 3 aromatic rings. The molecule has 0 spiro atoms. The summed E-state index contributed by atoms with van der Waals surface area (Å²) >= 11 is 6.19. The van der Waals surface area contributed by atoms with Crippen LogP contribution in [0.5, 0.6) is 0 Å². The number of hydrogen-bond donors (Lipinski definition) is 1. The number of nitrogens with zero attached hydrogens (tertiary/aromatic N) is 2. The van der Waals surface area contributed by atoms with Crippen LogP contribution in [0.15, 0.2) is 83.8 Å². The van der Waals surface area contributed by atoms with Crippen LogP contribution < -0.4 is 9.62 Å². The third kappa shape index (κ3) is 8.08. The van der Waals surface area contributed by atoms with Gasteiger partial charge in [-0.15, -0.1) is 0 Å². The van der Waals surface area contributed by atoms with Crippen molar-refractivity contribution in [2.24, 2.45) is 0 Å². The second-order valence-electron chi connectivity index (χ2n) is 11.1. The van der Waals surface area contributed by atoms with E-state index in [1.807, 2.05) is 39.0 Å². The maximum absolute atomic E-state index is 14.0. The summed E-state index contributed by atoms with van der Waals surface area (Å²) in [5.74, 6) is -0.615. The van der Waals surface area contributed by atoms with Crippen molar-refractivity contribution in [2.75, 3.05) is 10.8 Å². The summed E-state index contributed by atoms with van der Waals surface area (Å²) in [6, 6.07) is 21.3. The van der Waals surface area contributed by atoms with E-state index in [2.05, 4.69) is 19.2 Å². The molecule has 0 saturated heterocycles. The van der Waals surface area contributed by atoms with E-state index in [9.17, 15) is 18.0 Å². The highest BCUT2D eigenvalue weighted by atomic mass is 35.5. The van der Waals surface area contributed by atoms with Crippen molar-refractivity contribution in [3.8, 4) is 0 Å². The van der Waals surface area contributed by atoms with Gasteiger partial charge < -0.3 is 10.2 Å². The lowest BCUT2D eigenvalue weighted by molar-refractivity contribution is -0.140. The molecular weight excluding hydrogens is 546 g/mol. The molecule has 1 N–H and O–H groups in total. The lowest BCUT2D eigenvalue weighted by Gasteiger charge is -2.33. The van der Waals surface area contributed by atoms with E-state index in [4.69, 9.17) is 11.6 Å². The molecule has 0 unspecified atom stereocenters. The summed E-state index contributed by atoms with van der Waals surface area (Å²) in [6.45, 7) is 10.9. The number of carbonyl (C=O) groups excluding carboxylic acids is 2. The number of sulfonamides is 1. The van der Waals surface area contributed by atoms with Crippen molar-refractivity contribution in [3.05, 3.63) is 95.0 Å². The van der Waals surface area contributed by atoms with E-state index in [0.29, 0.717) is 10.7 Å². The van der Waals surface area contributed by atoms with Gasteiger partial charge in [0.2, 0.25) is 11.8 Å². The summed E-state index contributed by atoms with van der Waals surface area (Å²) in [5.41, 5.74) is 1.60. The third-order valence-corrected chi connectivity index (χ3v) is 8.39. The Morgan fingerprint density at radius 2 is 1.52 bits per heavy atom. The Morgan fingerprint density at radius 1 is 0.900 bits per heavy atom. The maximum atomic E-state index is 14.0. The highest BCUT2D eigenvalue weighted by Crippen LogP contribution is 2.27. The Hall–Kier alpha value is -3.36. The van der Waals surface area contributed by atoms with Crippen molar-refractivity contribution < 1.29 is 18.0 Å². The Morgan fingerprint density at radius 3 is 2.08 bits per heavy atom. The van der Waals surface area contributed by atoms with Gasteiger partial charge in [-0.1, -0.05) is 67.9 Å². The molecule has 2 amide bonds. The number of anilines is 1. The number of rotatable bonds is 10. The van der Waals surface area contributed by atoms with E-state index in [1.165, 1.54) is 17.0 Å². The average Bonchev–Trinajstić information content (AvgIpc) is 2.89. The van der Waals surface area contributed by atoms with Crippen molar-refractivity contribution in [1.29, 1.82) is 0 Å². The summed E-state index contributed by atoms with van der Waals surface area (Å²) in [6.07, 6.45) is 0. The third-order valence-electron chi connectivity index (χ3n) is 6.37. The largest absolute Gasteiger partial charge is 0.350 e. The van der Waals surface area contributed by atoms with Gasteiger partial charge >= 0.3 is 0 Å². The zero-order valence-electron chi connectivity index (χ0n) is 23.9. The second-order valence-corrected chi connectivity index (χ2v) is 13.4. The summed E-state index contributed by atoms with van der Waals surface area (Å²) in [7, 11) is -4.11. The molecule has 0 bridgehead atoms. The van der Waals surface area contributed by atoms with Gasteiger partial charge in [-0.3, -0.25) is 13.9 Å². The molecule has 0 fully saturated rings. The Labute approximate surface area is 243 Å². The first-order valence-electron chi connectivity index (χ1n) is 13.2. The van der Waals surface area contributed by atoms with Crippen molar-refractivity contribution in [1.82, 2.24) is 10.2 Å². The van der Waals surface area contributed by atoms with Crippen LogP contribution in [-0.2, 0) is 26.2 Å². The van der Waals surface area contributed by atoms with E-state index in [0.717, 1.165) is 15.4 Å². The number of nitrogens with one attached hydrogen (secondary N) is 1. The molecule has 1 atom stereocenters. The molecule has 214 valence electrons. The van der Waals surface area contributed by atoms with Gasteiger partial charge in [-0.05, 0) is 81.1 Å². The van der Waals surface area contributed by atoms with Gasteiger partial charge in [0.25, 0.3) is 10.0 Å². The minimum absolute atomic E-state index is 0.0654. The van der Waals surface area contributed by atoms with E-state index < -0.39 is 34.1 Å². The van der Waals surface area contributed by atoms with Crippen LogP contribution in [0.4, 0.5) is 5.69 Å². The molecule has 40 heavy (non-hydrogen) atoms. The summed E-state index contributed by atoms with van der Waals surface area (Å²) < 4.78 is 28.8. The van der Waals surface area contributed by atoms with Crippen LogP contribution in [0.3, 0.4) is 0 Å². The number of hydrogen-bond acceptors (Lipinski definition) is 4. The smallest absolute Gasteiger partial charge is 0.264 e. The molecule has 0 aliphatic carbocycles. The highest BCUT2D eigenvalue weighted by Gasteiger charge is 2.33. The van der Waals surface area contributed by atoms with Gasteiger partial charge in [-0.25, -0.2) is 8.42 Å². The highest BCUT2D eigenvalue weighted by molar-refractivity contribution is 7.92. The monoisotopic (exact) mass is 583 g/mol. The van der Waals surface area contributed by atoms with Gasteiger partial charge in [0.15, 0.2) is 0 Å². The number of carbonyl (C=O) groups is 2. The SMILES string of the molecule is CC(C)c1ccc(N(CC(=O)N(Cc2cccc(Cl)c2)[C@@H](C)C(=O)NC(C)(C)C)S(=O)(=O)c2ccccc2)cc1. The lowest BCUT2D eigenvalue weighted by Crippen LogP contribution is -2.54. The van der Waals surface area contributed by atoms with Crippen molar-refractivity contribution in [2.45, 2.75) is 70.5 Å². The molecule has 0 saturated carbocycles. The van der Waals surface area contributed by atoms with E-state index in [1.54, 1.807) is 55.5 Å². The van der Waals surface area contributed by atoms with Crippen LogP contribution in [0, 0.1) is 0 Å². The number of amides is 2. The predicted molar refractivity (Wildman–Crippen MR) is 161 cm³/mol. The first-order chi connectivity index (χ1) is 18.7. The fraction of sp³-hybridized carbons (Fsp3) is 0.355. The Balaban J connectivity index is 2.04. The van der Waals surface area contributed by atoms with Crippen molar-refractivity contribution >= 4 is 39.1 Å². The summed E-state index contributed by atoms with van der Waals surface area (Å²) in [5, 5.41) is 3.41. The average molecular weight is 584 g/mol. The molecule has 9 heteroatoms.